The van der Waals surface area contributed by atoms with Crippen molar-refractivity contribution in [2.24, 2.45) is 5.73 Å². The summed E-state index contributed by atoms with van der Waals surface area (Å²) in [6.45, 7) is 4.11. The standard InChI is InChI=1S/C33H35N7O.C2HF3O2/c1-33(2,34)32(41)37-29(18-23-20-35-27-14-8-6-12-25(23)27)31-39-38-30(40(31)17-16-22-10-4-3-5-11-22)19-24-21-36-28-15-9-7-13-26(24)28;3-2(4,5)1(6)7/h3-15,20-21,29,35-36H,16-19,34H2,1-2H3,(H,37,41);(H,6,7)/t29-;/m1./s1. The van der Waals surface area contributed by atoms with Crippen molar-refractivity contribution in [3.05, 3.63) is 120 Å². The normalized spacial score (nSPS) is 12.5. The van der Waals surface area contributed by atoms with Crippen molar-refractivity contribution in [3.8, 4) is 0 Å². The first-order valence-electron chi connectivity index (χ1n) is 15.3. The quantitative estimate of drug-likeness (QED) is 0.124. The van der Waals surface area contributed by atoms with E-state index in [0.717, 1.165) is 45.6 Å². The van der Waals surface area contributed by atoms with Gasteiger partial charge in [-0.15, -0.1) is 10.2 Å². The van der Waals surface area contributed by atoms with Crippen molar-refractivity contribution >= 4 is 33.7 Å². The molecule has 0 unspecified atom stereocenters. The predicted octanol–water partition coefficient (Wildman–Crippen LogP) is 5.84. The summed E-state index contributed by atoms with van der Waals surface area (Å²) in [6, 6.07) is 26.4. The summed E-state index contributed by atoms with van der Waals surface area (Å²) in [4.78, 5) is 28.9. The number of carboxylic acids is 1. The molecule has 10 nitrogen and oxygen atoms in total. The van der Waals surface area contributed by atoms with E-state index in [1.807, 2.05) is 42.7 Å². The molecule has 3 aromatic carbocycles. The number of rotatable bonds is 10. The summed E-state index contributed by atoms with van der Waals surface area (Å²) in [5.41, 5.74) is 10.8. The smallest absolute Gasteiger partial charge is 0.475 e. The number of fused-ring (bicyclic) bond motifs is 2. The number of hydrogen-bond acceptors (Lipinski definition) is 5. The van der Waals surface area contributed by atoms with Crippen molar-refractivity contribution < 1.29 is 27.9 Å². The van der Waals surface area contributed by atoms with Crippen LogP contribution in [0.25, 0.3) is 21.8 Å². The van der Waals surface area contributed by atoms with Crippen LogP contribution in [0.5, 0.6) is 0 Å². The molecular formula is C35H36F3N7O3. The monoisotopic (exact) mass is 659 g/mol. The third kappa shape index (κ3) is 8.10. The number of aromatic nitrogens is 5. The molecule has 0 radical (unpaired) electrons. The van der Waals surface area contributed by atoms with Crippen LogP contribution in [0.3, 0.4) is 0 Å². The summed E-state index contributed by atoms with van der Waals surface area (Å²) in [7, 11) is 0. The third-order valence-electron chi connectivity index (χ3n) is 7.89. The van der Waals surface area contributed by atoms with E-state index in [0.29, 0.717) is 19.4 Å². The second-order valence-corrected chi connectivity index (χ2v) is 12.0. The van der Waals surface area contributed by atoms with Gasteiger partial charge in [0.05, 0.1) is 11.6 Å². The number of alkyl halides is 3. The first-order chi connectivity index (χ1) is 22.8. The number of carboxylic acid groups (broad SMARTS) is 1. The average molecular weight is 660 g/mol. The number of carbonyl (C=O) groups is 2. The molecule has 250 valence electrons. The largest absolute Gasteiger partial charge is 0.490 e. The molecule has 1 atom stereocenters. The van der Waals surface area contributed by atoms with Crippen molar-refractivity contribution in [2.45, 2.75) is 57.4 Å². The molecule has 13 heteroatoms. The fourth-order valence-corrected chi connectivity index (χ4v) is 5.39. The van der Waals surface area contributed by atoms with Gasteiger partial charge in [-0.3, -0.25) is 4.79 Å². The Balaban J connectivity index is 0.000000582. The number of nitrogens with two attached hydrogens (primary N) is 1. The van der Waals surface area contributed by atoms with Gasteiger partial charge in [0.1, 0.15) is 5.82 Å². The Hall–Kier alpha value is -5.43. The van der Waals surface area contributed by atoms with Crippen LogP contribution in [0, 0.1) is 0 Å². The number of hydrogen-bond donors (Lipinski definition) is 5. The second kappa shape index (κ2) is 14.1. The Kier molecular flexibility index (Phi) is 9.99. The number of carbonyl (C=O) groups excluding carboxylic acids is 1. The number of aryl methyl sites for hydroxylation is 1. The summed E-state index contributed by atoms with van der Waals surface area (Å²) >= 11 is 0. The Morgan fingerprint density at radius 2 is 1.42 bits per heavy atom. The van der Waals surface area contributed by atoms with E-state index in [4.69, 9.17) is 25.8 Å². The van der Waals surface area contributed by atoms with Gasteiger partial charge in [0.25, 0.3) is 0 Å². The van der Waals surface area contributed by atoms with Crippen LogP contribution in [0.15, 0.2) is 91.3 Å². The molecule has 0 spiro atoms. The van der Waals surface area contributed by atoms with Crippen molar-refractivity contribution in [1.29, 1.82) is 0 Å². The number of benzene rings is 3. The molecule has 48 heavy (non-hydrogen) atoms. The van der Waals surface area contributed by atoms with E-state index in [1.54, 1.807) is 13.8 Å². The molecular weight excluding hydrogens is 623 g/mol. The number of H-pyrrole nitrogens is 2. The van der Waals surface area contributed by atoms with Gasteiger partial charge >= 0.3 is 12.1 Å². The van der Waals surface area contributed by atoms with Crippen LogP contribution in [0.2, 0.25) is 0 Å². The lowest BCUT2D eigenvalue weighted by Gasteiger charge is -2.25. The van der Waals surface area contributed by atoms with Gasteiger partial charge in [-0.1, -0.05) is 66.7 Å². The van der Waals surface area contributed by atoms with Crippen LogP contribution >= 0.6 is 0 Å². The second-order valence-electron chi connectivity index (χ2n) is 12.0. The summed E-state index contributed by atoms with van der Waals surface area (Å²) in [6.07, 6.45) is 0.935. The Bertz CT molecular complexity index is 2010. The maximum absolute atomic E-state index is 13.2. The highest BCUT2D eigenvalue weighted by Crippen LogP contribution is 2.27. The van der Waals surface area contributed by atoms with E-state index in [2.05, 4.69) is 68.4 Å². The Morgan fingerprint density at radius 1 is 0.875 bits per heavy atom. The van der Waals surface area contributed by atoms with E-state index in [9.17, 15) is 18.0 Å². The highest BCUT2D eigenvalue weighted by molar-refractivity contribution is 5.86. The van der Waals surface area contributed by atoms with E-state index in [1.165, 1.54) is 10.9 Å². The molecule has 0 bridgehead atoms. The van der Waals surface area contributed by atoms with Crippen LogP contribution < -0.4 is 11.1 Å². The van der Waals surface area contributed by atoms with Crippen molar-refractivity contribution in [1.82, 2.24) is 30.0 Å². The van der Waals surface area contributed by atoms with Gasteiger partial charge in [0.2, 0.25) is 5.91 Å². The molecule has 1 amide bonds. The zero-order chi connectivity index (χ0) is 34.5. The van der Waals surface area contributed by atoms with Crippen LogP contribution in [0.4, 0.5) is 13.2 Å². The van der Waals surface area contributed by atoms with E-state index < -0.39 is 23.7 Å². The SMILES string of the molecule is CC(C)(N)C(=O)N[C@H](Cc1c[nH]c2ccccc12)c1nnc(Cc2c[nH]c3ccccc23)n1CCc1ccccc1.O=C(O)C(F)(F)F. The molecule has 6 rings (SSSR count). The number of aliphatic carboxylic acids is 1. The zero-order valence-corrected chi connectivity index (χ0v) is 26.4. The molecule has 0 aliphatic heterocycles. The molecule has 0 aliphatic carbocycles. The number of aromatic amines is 2. The topological polar surface area (TPSA) is 155 Å². The van der Waals surface area contributed by atoms with Gasteiger partial charge in [-0.25, -0.2) is 4.79 Å². The molecule has 0 saturated heterocycles. The fraction of sp³-hybridized carbons (Fsp3) is 0.257. The Morgan fingerprint density at radius 3 is 2.00 bits per heavy atom. The van der Waals surface area contributed by atoms with E-state index in [-0.39, 0.29) is 5.91 Å². The highest BCUT2D eigenvalue weighted by atomic mass is 19.4. The minimum absolute atomic E-state index is 0.238. The van der Waals surface area contributed by atoms with Crippen molar-refractivity contribution in [2.75, 3.05) is 0 Å². The maximum Gasteiger partial charge on any atom is 0.490 e. The Labute approximate surface area is 274 Å². The number of halogens is 3. The summed E-state index contributed by atoms with van der Waals surface area (Å²) in [5.74, 6) is -1.42. The van der Waals surface area contributed by atoms with Crippen LogP contribution in [-0.2, 0) is 35.4 Å². The molecule has 6 N–H and O–H groups in total. The molecule has 0 saturated carbocycles. The minimum atomic E-state index is -5.08. The van der Waals surface area contributed by atoms with E-state index >= 15 is 0 Å². The molecule has 0 aliphatic rings. The third-order valence-corrected chi connectivity index (χ3v) is 7.89. The predicted molar refractivity (Wildman–Crippen MR) is 176 cm³/mol. The molecule has 0 fully saturated rings. The first-order valence-corrected chi connectivity index (χ1v) is 15.3. The average Bonchev–Trinajstić information content (AvgIpc) is 3.77. The van der Waals surface area contributed by atoms with Gasteiger partial charge < -0.3 is 30.7 Å². The van der Waals surface area contributed by atoms with Gasteiger partial charge in [-0.2, -0.15) is 13.2 Å². The lowest BCUT2D eigenvalue weighted by molar-refractivity contribution is -0.192. The van der Waals surface area contributed by atoms with Gasteiger partial charge in [0, 0.05) is 53.6 Å². The number of nitrogens with zero attached hydrogens (tertiary/aromatic N) is 3. The number of amides is 1. The molecule has 3 heterocycles. The zero-order valence-electron chi connectivity index (χ0n) is 26.4. The lowest BCUT2D eigenvalue weighted by Crippen LogP contribution is -2.50. The molecule has 3 aromatic heterocycles. The highest BCUT2D eigenvalue weighted by Gasteiger charge is 2.38. The lowest BCUT2D eigenvalue weighted by atomic mass is 10.0. The summed E-state index contributed by atoms with van der Waals surface area (Å²) in [5, 5.41) is 22.0. The summed E-state index contributed by atoms with van der Waals surface area (Å²) < 4.78 is 33.9. The minimum Gasteiger partial charge on any atom is -0.475 e. The van der Waals surface area contributed by atoms with Gasteiger partial charge in [0.15, 0.2) is 5.82 Å². The number of para-hydroxylation sites is 2. The fourth-order valence-electron chi connectivity index (χ4n) is 5.39. The van der Waals surface area contributed by atoms with Crippen molar-refractivity contribution in [3.63, 3.8) is 0 Å². The van der Waals surface area contributed by atoms with Crippen LogP contribution in [-0.4, -0.2) is 53.4 Å². The maximum atomic E-state index is 13.2. The van der Waals surface area contributed by atoms with Crippen LogP contribution in [0.1, 0.15) is 48.2 Å². The first kappa shape index (κ1) is 33.9. The number of nitrogens with one attached hydrogen (secondary N) is 3. The van der Waals surface area contributed by atoms with Gasteiger partial charge in [-0.05, 0) is 49.1 Å². The molecule has 6 aromatic rings.